The number of aliphatic hydroxyl groups is 1. The lowest BCUT2D eigenvalue weighted by Gasteiger charge is -2.15. The highest BCUT2D eigenvalue weighted by Crippen LogP contribution is 2.41. The van der Waals surface area contributed by atoms with Gasteiger partial charge in [0.05, 0.1) is 19.3 Å². The van der Waals surface area contributed by atoms with Crippen molar-refractivity contribution in [3.8, 4) is 11.5 Å². The molecule has 0 saturated carbocycles. The van der Waals surface area contributed by atoms with Gasteiger partial charge in [-0.1, -0.05) is 11.6 Å². The van der Waals surface area contributed by atoms with Crippen molar-refractivity contribution >= 4 is 11.6 Å². The Balaban J connectivity index is 2.51. The summed E-state index contributed by atoms with van der Waals surface area (Å²) in [5.74, 6) is -0.181. The van der Waals surface area contributed by atoms with Crippen LogP contribution in [0.15, 0.2) is 6.07 Å². The molecule has 0 aromatic heterocycles. The van der Waals surface area contributed by atoms with Crippen LogP contribution in [0.5, 0.6) is 11.5 Å². The van der Waals surface area contributed by atoms with Crippen molar-refractivity contribution < 1.29 is 19.0 Å². The average molecular weight is 262 g/mol. The van der Waals surface area contributed by atoms with E-state index in [0.717, 1.165) is 0 Å². The van der Waals surface area contributed by atoms with Crippen molar-refractivity contribution in [3.05, 3.63) is 22.5 Å². The lowest BCUT2D eigenvalue weighted by Crippen LogP contribution is -2.13. The van der Waals surface area contributed by atoms with Gasteiger partial charge in [-0.15, -0.1) is 0 Å². The molecule has 1 aliphatic rings. The summed E-state index contributed by atoms with van der Waals surface area (Å²) in [6.45, 7) is 0.797. The maximum Gasteiger partial charge on any atom is 0.182 e. The summed E-state index contributed by atoms with van der Waals surface area (Å²) in [7, 11) is 0. The third kappa shape index (κ3) is 2.31. The Bertz CT molecular complexity index is 428. The van der Waals surface area contributed by atoms with Crippen LogP contribution in [0.3, 0.4) is 0 Å². The number of aliphatic hydroxyl groups excluding tert-OH is 1. The van der Waals surface area contributed by atoms with Gasteiger partial charge < -0.3 is 20.3 Å². The number of halogens is 2. The third-order valence-corrected chi connectivity index (χ3v) is 2.87. The van der Waals surface area contributed by atoms with Crippen LogP contribution in [-0.2, 0) is 0 Å². The molecule has 1 atom stereocenters. The fourth-order valence-electron chi connectivity index (χ4n) is 1.63. The maximum absolute atomic E-state index is 13.9. The van der Waals surface area contributed by atoms with Crippen molar-refractivity contribution in [2.75, 3.05) is 19.8 Å². The summed E-state index contributed by atoms with van der Waals surface area (Å²) in [6, 6.07) is 1.39. The summed E-state index contributed by atoms with van der Waals surface area (Å²) >= 11 is 5.86. The lowest BCUT2D eigenvalue weighted by atomic mass is 10.1. The zero-order valence-corrected chi connectivity index (χ0v) is 9.84. The molecule has 1 aliphatic heterocycles. The van der Waals surface area contributed by atoms with Gasteiger partial charge in [-0.3, -0.25) is 0 Å². The summed E-state index contributed by atoms with van der Waals surface area (Å²) in [6.07, 6.45) is -0.411. The van der Waals surface area contributed by atoms with E-state index in [1.54, 1.807) is 0 Å². The molecule has 0 fully saturated rings. The molecule has 3 N–H and O–H groups in total. The van der Waals surface area contributed by atoms with E-state index in [1.807, 2.05) is 0 Å². The van der Waals surface area contributed by atoms with Crippen LogP contribution < -0.4 is 15.2 Å². The molecule has 6 heteroatoms. The van der Waals surface area contributed by atoms with Crippen LogP contribution >= 0.6 is 11.6 Å². The number of nitrogens with two attached hydrogens (primary N) is 1. The summed E-state index contributed by atoms with van der Waals surface area (Å²) in [5.41, 5.74) is 5.33. The first-order valence-corrected chi connectivity index (χ1v) is 5.68. The van der Waals surface area contributed by atoms with Crippen LogP contribution in [0.25, 0.3) is 0 Å². The van der Waals surface area contributed by atoms with Gasteiger partial charge in [-0.05, 0) is 6.07 Å². The van der Waals surface area contributed by atoms with Gasteiger partial charge in [0.15, 0.2) is 17.3 Å². The third-order valence-electron chi connectivity index (χ3n) is 2.53. The summed E-state index contributed by atoms with van der Waals surface area (Å²) < 4.78 is 24.6. The smallest absolute Gasteiger partial charge is 0.182 e. The largest absolute Gasteiger partial charge is 0.489 e. The minimum atomic E-state index is -1.11. The Morgan fingerprint density at radius 2 is 2.18 bits per heavy atom. The number of hydrogen-bond donors (Lipinski definition) is 2. The van der Waals surface area contributed by atoms with Gasteiger partial charge in [-0.25, -0.2) is 4.39 Å². The van der Waals surface area contributed by atoms with E-state index in [2.05, 4.69) is 0 Å². The standard InChI is InChI=1S/C11H13ClFNO3/c12-9-10(13)6(7(15)5-14)4-8-11(9)17-3-1-2-16-8/h4,7,15H,1-3,5,14H2. The van der Waals surface area contributed by atoms with Crippen LogP contribution in [0.2, 0.25) is 5.02 Å². The molecular formula is C11H13ClFNO3. The molecule has 0 radical (unpaired) electrons. The van der Waals surface area contributed by atoms with Gasteiger partial charge in [0.2, 0.25) is 0 Å². The fraction of sp³-hybridized carbons (Fsp3) is 0.455. The predicted octanol–water partition coefficient (Wildman–Crippen LogP) is 1.63. The molecule has 2 rings (SSSR count). The van der Waals surface area contributed by atoms with Gasteiger partial charge in [0, 0.05) is 18.5 Å². The molecule has 4 nitrogen and oxygen atoms in total. The molecular weight excluding hydrogens is 249 g/mol. The topological polar surface area (TPSA) is 64.7 Å². The second-order valence-corrected chi connectivity index (χ2v) is 4.10. The summed E-state index contributed by atoms with van der Waals surface area (Å²) in [5, 5.41) is 9.41. The van der Waals surface area contributed by atoms with Gasteiger partial charge in [-0.2, -0.15) is 0 Å². The predicted molar refractivity (Wildman–Crippen MR) is 61.0 cm³/mol. The van der Waals surface area contributed by atoms with E-state index in [9.17, 15) is 9.50 Å². The highest BCUT2D eigenvalue weighted by atomic mass is 35.5. The van der Waals surface area contributed by atoms with E-state index in [-0.39, 0.29) is 22.9 Å². The Morgan fingerprint density at radius 3 is 2.88 bits per heavy atom. The second kappa shape index (κ2) is 5.08. The first-order chi connectivity index (χ1) is 8.15. The SMILES string of the molecule is NCC(O)c1cc2c(c(Cl)c1F)OCCCO2. The van der Waals surface area contributed by atoms with E-state index >= 15 is 0 Å². The van der Waals surface area contributed by atoms with Crippen molar-refractivity contribution in [1.82, 2.24) is 0 Å². The molecule has 1 aromatic carbocycles. The van der Waals surface area contributed by atoms with Crippen molar-refractivity contribution in [2.45, 2.75) is 12.5 Å². The first kappa shape index (κ1) is 12.4. The fourth-order valence-corrected chi connectivity index (χ4v) is 1.89. The monoisotopic (exact) mass is 261 g/mol. The zero-order chi connectivity index (χ0) is 12.4. The summed E-state index contributed by atoms with van der Waals surface area (Å²) in [4.78, 5) is 0. The molecule has 0 bridgehead atoms. The molecule has 0 spiro atoms. The minimum Gasteiger partial charge on any atom is -0.489 e. The van der Waals surface area contributed by atoms with Crippen molar-refractivity contribution in [1.29, 1.82) is 0 Å². The molecule has 1 aromatic rings. The van der Waals surface area contributed by atoms with Crippen LogP contribution in [0, 0.1) is 5.82 Å². The Kier molecular flexibility index (Phi) is 3.71. The number of ether oxygens (including phenoxy) is 2. The number of fused-ring (bicyclic) bond motifs is 1. The molecule has 0 saturated heterocycles. The number of benzene rings is 1. The van der Waals surface area contributed by atoms with Crippen LogP contribution in [0.4, 0.5) is 4.39 Å². The quantitative estimate of drug-likeness (QED) is 0.849. The minimum absolute atomic E-state index is 0.0294. The Labute approximate surface area is 103 Å². The lowest BCUT2D eigenvalue weighted by molar-refractivity contribution is 0.181. The highest BCUT2D eigenvalue weighted by Gasteiger charge is 2.23. The molecule has 94 valence electrons. The van der Waals surface area contributed by atoms with Gasteiger partial charge in [0.25, 0.3) is 0 Å². The van der Waals surface area contributed by atoms with E-state index in [1.165, 1.54) is 6.07 Å². The van der Waals surface area contributed by atoms with Crippen LogP contribution in [-0.4, -0.2) is 24.9 Å². The van der Waals surface area contributed by atoms with Crippen molar-refractivity contribution in [2.24, 2.45) is 5.73 Å². The van der Waals surface area contributed by atoms with Crippen molar-refractivity contribution in [3.63, 3.8) is 0 Å². The normalized spacial score (nSPS) is 16.5. The second-order valence-electron chi connectivity index (χ2n) is 3.72. The van der Waals surface area contributed by atoms with Gasteiger partial charge >= 0.3 is 0 Å². The molecule has 0 amide bonds. The highest BCUT2D eigenvalue weighted by molar-refractivity contribution is 6.32. The van der Waals surface area contributed by atoms with Gasteiger partial charge in [0.1, 0.15) is 5.02 Å². The Morgan fingerprint density at radius 1 is 1.47 bits per heavy atom. The molecule has 0 aliphatic carbocycles. The Hall–Kier alpha value is -1.04. The number of hydrogen-bond acceptors (Lipinski definition) is 4. The van der Waals surface area contributed by atoms with E-state index in [0.29, 0.717) is 25.4 Å². The molecule has 1 unspecified atom stereocenters. The average Bonchev–Trinajstić information content (AvgIpc) is 2.58. The molecule has 1 heterocycles. The van der Waals surface area contributed by atoms with E-state index in [4.69, 9.17) is 26.8 Å². The van der Waals surface area contributed by atoms with E-state index < -0.39 is 11.9 Å². The number of rotatable bonds is 2. The maximum atomic E-state index is 13.9. The first-order valence-electron chi connectivity index (χ1n) is 5.30. The molecule has 17 heavy (non-hydrogen) atoms. The zero-order valence-electron chi connectivity index (χ0n) is 9.08. The van der Waals surface area contributed by atoms with Crippen LogP contribution in [0.1, 0.15) is 18.1 Å².